The Morgan fingerprint density at radius 1 is 1.15 bits per heavy atom. The highest BCUT2D eigenvalue weighted by Crippen LogP contribution is 2.25. The van der Waals surface area contributed by atoms with E-state index in [9.17, 15) is 9.59 Å². The molecule has 7 nitrogen and oxygen atoms in total. The number of carbonyl (C=O) groups is 2. The number of aryl methyl sites for hydroxylation is 1. The monoisotopic (exact) mass is 498 g/mol. The normalized spacial score (nSPS) is 15.3. The molecule has 2 N–H and O–H groups in total. The van der Waals surface area contributed by atoms with Gasteiger partial charge in [-0.3, -0.25) is 9.59 Å². The molecule has 1 aliphatic heterocycles. The van der Waals surface area contributed by atoms with Crippen LogP contribution in [0.3, 0.4) is 0 Å². The van der Waals surface area contributed by atoms with Crippen molar-refractivity contribution in [3.8, 4) is 0 Å². The van der Waals surface area contributed by atoms with Gasteiger partial charge in [0.25, 0.3) is 5.91 Å². The molecule has 0 saturated carbocycles. The van der Waals surface area contributed by atoms with Crippen LogP contribution in [0, 0.1) is 13.8 Å². The molecule has 2 amide bonds. The largest absolute Gasteiger partial charge is 0.376 e. The highest BCUT2D eigenvalue weighted by atomic mass is 35.5. The number of imidazole rings is 1. The number of aromatic nitrogens is 2. The zero-order chi connectivity index (χ0) is 24.1. The maximum absolute atomic E-state index is 12.8. The van der Waals surface area contributed by atoms with Crippen LogP contribution in [0.5, 0.6) is 0 Å². The molecule has 1 fully saturated rings. The van der Waals surface area contributed by atoms with Crippen LogP contribution in [0.15, 0.2) is 53.7 Å². The SMILES string of the molecule is Cc1nc(SCC(=O)Nc2ccccc2C(=O)Nc2ccc(Cl)cc2)n(CC2CCCO2)c1C. The van der Waals surface area contributed by atoms with Crippen LogP contribution in [0.1, 0.15) is 34.6 Å². The van der Waals surface area contributed by atoms with Gasteiger partial charge in [-0.25, -0.2) is 4.98 Å². The van der Waals surface area contributed by atoms with E-state index < -0.39 is 0 Å². The fraction of sp³-hybridized carbons (Fsp3) is 0.320. The Kier molecular flexibility index (Phi) is 7.92. The number of halogens is 1. The molecule has 2 heterocycles. The number of rotatable bonds is 8. The van der Waals surface area contributed by atoms with Gasteiger partial charge in [-0.2, -0.15) is 0 Å². The van der Waals surface area contributed by atoms with Gasteiger partial charge < -0.3 is 19.9 Å². The summed E-state index contributed by atoms with van der Waals surface area (Å²) in [6, 6.07) is 13.8. The van der Waals surface area contributed by atoms with Crippen LogP contribution in [0.4, 0.5) is 11.4 Å². The minimum atomic E-state index is -0.316. The zero-order valence-electron chi connectivity index (χ0n) is 19.1. The molecule has 1 unspecified atom stereocenters. The quantitative estimate of drug-likeness (QED) is 0.411. The Morgan fingerprint density at radius 2 is 1.91 bits per heavy atom. The summed E-state index contributed by atoms with van der Waals surface area (Å²) in [5, 5.41) is 7.08. The van der Waals surface area contributed by atoms with Crippen molar-refractivity contribution in [2.75, 3.05) is 23.0 Å². The highest BCUT2D eigenvalue weighted by Gasteiger charge is 2.21. The number of amides is 2. The Bertz CT molecular complexity index is 1170. The van der Waals surface area contributed by atoms with Crippen LogP contribution in [-0.2, 0) is 16.1 Å². The fourth-order valence-corrected chi connectivity index (χ4v) is 4.81. The lowest BCUT2D eigenvalue weighted by atomic mass is 10.1. The fourth-order valence-electron chi connectivity index (χ4n) is 3.78. The number of ether oxygens (including phenoxy) is 1. The van der Waals surface area contributed by atoms with Gasteiger partial charge in [0.05, 0.1) is 35.3 Å². The lowest BCUT2D eigenvalue weighted by molar-refractivity contribution is -0.113. The third kappa shape index (κ3) is 6.00. The number of nitrogens with one attached hydrogen (secondary N) is 2. The second-order valence-corrected chi connectivity index (χ2v) is 9.53. The maximum Gasteiger partial charge on any atom is 0.257 e. The van der Waals surface area contributed by atoms with Gasteiger partial charge in [0.1, 0.15) is 0 Å². The van der Waals surface area contributed by atoms with Crippen molar-refractivity contribution in [2.45, 2.75) is 44.5 Å². The van der Waals surface area contributed by atoms with Crippen LogP contribution in [0.25, 0.3) is 0 Å². The summed E-state index contributed by atoms with van der Waals surface area (Å²) in [6.45, 7) is 5.55. The zero-order valence-corrected chi connectivity index (χ0v) is 20.7. The molecule has 3 aromatic rings. The first-order valence-corrected chi connectivity index (χ1v) is 12.5. The smallest absolute Gasteiger partial charge is 0.257 e. The number of nitrogens with zero attached hydrogens (tertiary/aromatic N) is 2. The van der Waals surface area contributed by atoms with Gasteiger partial charge in [0.15, 0.2) is 5.16 Å². The second kappa shape index (κ2) is 11.1. The lowest BCUT2D eigenvalue weighted by Crippen LogP contribution is -2.20. The molecular weight excluding hydrogens is 472 g/mol. The van der Waals surface area contributed by atoms with Crippen LogP contribution < -0.4 is 10.6 Å². The number of para-hydroxylation sites is 1. The maximum atomic E-state index is 12.8. The summed E-state index contributed by atoms with van der Waals surface area (Å²) in [5.74, 6) is -0.350. The van der Waals surface area contributed by atoms with Crippen molar-refractivity contribution in [2.24, 2.45) is 0 Å². The highest BCUT2D eigenvalue weighted by molar-refractivity contribution is 7.99. The molecule has 1 aromatic heterocycles. The molecule has 0 spiro atoms. The third-order valence-corrected chi connectivity index (χ3v) is 6.94. The van der Waals surface area contributed by atoms with E-state index in [0.717, 1.165) is 42.5 Å². The molecule has 34 heavy (non-hydrogen) atoms. The van der Waals surface area contributed by atoms with Crippen molar-refractivity contribution in [1.29, 1.82) is 0 Å². The summed E-state index contributed by atoms with van der Waals surface area (Å²) < 4.78 is 7.92. The first kappa shape index (κ1) is 24.3. The van der Waals surface area contributed by atoms with Gasteiger partial charge in [0.2, 0.25) is 5.91 Å². The molecular formula is C25H27ClN4O3S. The number of hydrogen-bond acceptors (Lipinski definition) is 5. The molecule has 1 atom stereocenters. The predicted octanol–water partition coefficient (Wildman–Crippen LogP) is 5.32. The summed E-state index contributed by atoms with van der Waals surface area (Å²) in [5.41, 5.74) is 3.49. The molecule has 0 aliphatic carbocycles. The average molecular weight is 499 g/mol. The topological polar surface area (TPSA) is 85.3 Å². The van der Waals surface area contributed by atoms with Crippen LogP contribution >= 0.6 is 23.4 Å². The second-order valence-electron chi connectivity index (χ2n) is 8.15. The predicted molar refractivity (Wildman–Crippen MR) is 136 cm³/mol. The number of carbonyl (C=O) groups excluding carboxylic acids is 2. The van der Waals surface area contributed by atoms with Crippen molar-refractivity contribution < 1.29 is 14.3 Å². The molecule has 1 aliphatic rings. The van der Waals surface area contributed by atoms with E-state index in [2.05, 4.69) is 20.2 Å². The van der Waals surface area contributed by atoms with E-state index in [1.54, 1.807) is 48.5 Å². The summed E-state index contributed by atoms with van der Waals surface area (Å²) in [6.07, 6.45) is 2.30. The van der Waals surface area contributed by atoms with E-state index in [0.29, 0.717) is 22.0 Å². The number of benzene rings is 2. The first-order valence-electron chi connectivity index (χ1n) is 11.1. The lowest BCUT2D eigenvalue weighted by Gasteiger charge is -2.15. The minimum absolute atomic E-state index is 0.175. The van der Waals surface area contributed by atoms with Gasteiger partial charge >= 0.3 is 0 Å². The Balaban J connectivity index is 1.40. The number of anilines is 2. The van der Waals surface area contributed by atoms with E-state index in [1.807, 2.05) is 13.8 Å². The molecule has 178 valence electrons. The van der Waals surface area contributed by atoms with Crippen molar-refractivity contribution in [3.63, 3.8) is 0 Å². The molecule has 9 heteroatoms. The van der Waals surface area contributed by atoms with Gasteiger partial charge in [-0.15, -0.1) is 0 Å². The van der Waals surface area contributed by atoms with Crippen molar-refractivity contribution >= 4 is 46.6 Å². The Labute approximate surface area is 208 Å². The van der Waals surface area contributed by atoms with Gasteiger partial charge in [-0.05, 0) is 63.1 Å². The molecule has 0 bridgehead atoms. The molecule has 0 radical (unpaired) electrons. The van der Waals surface area contributed by atoms with Gasteiger partial charge in [-0.1, -0.05) is 35.5 Å². The summed E-state index contributed by atoms with van der Waals surface area (Å²) in [4.78, 5) is 30.2. The Morgan fingerprint density at radius 3 is 2.65 bits per heavy atom. The standard InChI is InChI=1S/C25H27ClN4O3S/c1-16-17(2)30(14-20-6-5-13-33-20)25(27-16)34-15-23(31)29-22-8-4-3-7-21(22)24(32)28-19-11-9-18(26)10-12-19/h3-4,7-12,20H,5-6,13-15H2,1-2H3,(H,28,32)(H,29,31). The summed E-state index contributed by atoms with van der Waals surface area (Å²) >= 11 is 7.29. The van der Waals surface area contributed by atoms with E-state index in [4.69, 9.17) is 16.3 Å². The molecule has 4 rings (SSSR count). The number of thioether (sulfide) groups is 1. The molecule has 1 saturated heterocycles. The van der Waals surface area contributed by atoms with E-state index >= 15 is 0 Å². The van der Waals surface area contributed by atoms with Crippen LogP contribution in [-0.4, -0.2) is 39.8 Å². The first-order chi connectivity index (χ1) is 16.4. The average Bonchev–Trinajstić information content (AvgIpc) is 3.43. The van der Waals surface area contributed by atoms with Gasteiger partial charge in [0, 0.05) is 23.0 Å². The van der Waals surface area contributed by atoms with Crippen LogP contribution in [0.2, 0.25) is 5.02 Å². The van der Waals surface area contributed by atoms with E-state index in [1.165, 1.54) is 11.8 Å². The summed E-state index contributed by atoms with van der Waals surface area (Å²) in [7, 11) is 0. The third-order valence-electron chi connectivity index (χ3n) is 5.71. The molecule has 2 aromatic carbocycles. The minimum Gasteiger partial charge on any atom is -0.376 e. The van der Waals surface area contributed by atoms with Crippen molar-refractivity contribution in [1.82, 2.24) is 9.55 Å². The van der Waals surface area contributed by atoms with E-state index in [-0.39, 0.29) is 23.7 Å². The Hall–Kier alpha value is -2.81. The van der Waals surface area contributed by atoms with Crippen molar-refractivity contribution in [3.05, 3.63) is 70.5 Å². The number of hydrogen-bond donors (Lipinski definition) is 2.